The first-order valence-corrected chi connectivity index (χ1v) is 14.2. The lowest BCUT2D eigenvalue weighted by molar-refractivity contribution is -0.123. The second-order valence-corrected chi connectivity index (χ2v) is 10.9. The van der Waals surface area contributed by atoms with Crippen molar-refractivity contribution in [3.05, 3.63) is 117 Å². The highest BCUT2D eigenvalue weighted by Crippen LogP contribution is 2.37. The summed E-state index contributed by atoms with van der Waals surface area (Å²) in [5.41, 5.74) is 4.82. The Balaban J connectivity index is 1.37. The number of benzene rings is 3. The summed E-state index contributed by atoms with van der Waals surface area (Å²) >= 11 is 5.93. The van der Waals surface area contributed by atoms with Crippen molar-refractivity contribution >= 4 is 34.8 Å². The number of carbonyl (C=O) groups is 3. The Bertz CT molecular complexity index is 1770. The van der Waals surface area contributed by atoms with Crippen molar-refractivity contribution in [1.82, 2.24) is 25.2 Å². The summed E-state index contributed by atoms with van der Waals surface area (Å²) in [5, 5.41) is 20.5. The predicted molar refractivity (Wildman–Crippen MR) is 158 cm³/mol. The molecule has 0 bridgehead atoms. The van der Waals surface area contributed by atoms with Crippen LogP contribution in [0.4, 0.5) is 4.39 Å². The van der Waals surface area contributed by atoms with Gasteiger partial charge in [0.1, 0.15) is 11.7 Å². The molecule has 0 saturated heterocycles. The van der Waals surface area contributed by atoms with E-state index in [0.717, 1.165) is 40.9 Å². The molecule has 1 unspecified atom stereocenters. The van der Waals surface area contributed by atoms with Gasteiger partial charge in [0.2, 0.25) is 0 Å². The zero-order chi connectivity index (χ0) is 30.1. The molecule has 0 fully saturated rings. The smallest absolute Gasteiger partial charge is 0.335 e. The molecule has 0 radical (unpaired) electrons. The lowest BCUT2D eigenvalue weighted by atomic mass is 9.82. The number of fused-ring (bicyclic) bond motifs is 1. The molecule has 0 aliphatic carbocycles. The molecule has 6 rings (SSSR count). The number of nitrogens with one attached hydrogen (secondary N) is 1. The van der Waals surface area contributed by atoms with E-state index >= 15 is 0 Å². The fourth-order valence-electron chi connectivity index (χ4n) is 5.76. The van der Waals surface area contributed by atoms with Crippen molar-refractivity contribution in [3.8, 4) is 5.69 Å². The molecule has 0 spiro atoms. The van der Waals surface area contributed by atoms with Crippen LogP contribution in [0.15, 0.2) is 72.9 Å². The number of hydrogen-bond donors (Lipinski definition) is 2. The number of hydrogen-bond acceptors (Lipinski definition) is 6. The highest BCUT2D eigenvalue weighted by Gasteiger charge is 2.38. The number of carbonyl (C=O) groups excluding carboxylic acids is 2. The minimum Gasteiger partial charge on any atom is -0.478 e. The third kappa shape index (κ3) is 5.59. The van der Waals surface area contributed by atoms with Crippen molar-refractivity contribution in [2.75, 3.05) is 19.6 Å². The lowest BCUT2D eigenvalue weighted by Crippen LogP contribution is -2.44. The zero-order valence-electron chi connectivity index (χ0n) is 23.0. The van der Waals surface area contributed by atoms with Gasteiger partial charge in [-0.1, -0.05) is 59.3 Å². The van der Waals surface area contributed by atoms with E-state index in [9.17, 15) is 23.9 Å². The van der Waals surface area contributed by atoms with Crippen LogP contribution in [0, 0.1) is 5.82 Å². The van der Waals surface area contributed by atoms with Gasteiger partial charge in [-0.25, -0.2) is 13.9 Å². The van der Waals surface area contributed by atoms with Gasteiger partial charge in [0.05, 0.1) is 16.8 Å². The Labute approximate surface area is 251 Å². The van der Waals surface area contributed by atoms with Crippen molar-refractivity contribution in [2.24, 2.45) is 0 Å². The first kappa shape index (κ1) is 28.4. The topological polar surface area (TPSA) is 117 Å². The fraction of sp³-hybridized carbons (Fsp3) is 0.219. The Kier molecular flexibility index (Phi) is 7.88. The number of halogens is 2. The van der Waals surface area contributed by atoms with Crippen molar-refractivity contribution in [1.29, 1.82) is 0 Å². The monoisotopic (exact) mass is 599 g/mol. The largest absolute Gasteiger partial charge is 0.478 e. The maximum atomic E-state index is 14.7. The lowest BCUT2D eigenvalue weighted by Gasteiger charge is -2.37. The van der Waals surface area contributed by atoms with E-state index in [-0.39, 0.29) is 40.7 Å². The average molecular weight is 600 g/mol. The SMILES string of the molecule is O=C(O)c1ccc(CC(=O)C2c3cccc(C4=CCNCC4)c3CCN2C(=O)c2cn(-c3cccc(Cl)c3F)nn2)cc1. The third-order valence-corrected chi connectivity index (χ3v) is 8.16. The van der Waals surface area contributed by atoms with Crippen LogP contribution in [0.5, 0.6) is 0 Å². The van der Waals surface area contributed by atoms with Crippen LogP contribution < -0.4 is 5.32 Å². The van der Waals surface area contributed by atoms with Crippen LogP contribution in [0.25, 0.3) is 11.3 Å². The molecule has 2 aliphatic rings. The molecule has 218 valence electrons. The Morgan fingerprint density at radius 2 is 1.84 bits per heavy atom. The van der Waals surface area contributed by atoms with Gasteiger partial charge in [-0.3, -0.25) is 9.59 Å². The number of carboxylic acids is 1. The quantitative estimate of drug-likeness (QED) is 0.317. The molecule has 3 aromatic carbocycles. The summed E-state index contributed by atoms with van der Waals surface area (Å²) in [7, 11) is 0. The number of rotatable bonds is 7. The molecule has 1 atom stereocenters. The summed E-state index contributed by atoms with van der Waals surface area (Å²) in [6.45, 7) is 1.89. The number of aromatic carboxylic acids is 1. The van der Waals surface area contributed by atoms with Gasteiger partial charge in [-0.2, -0.15) is 0 Å². The predicted octanol–water partition coefficient (Wildman–Crippen LogP) is 4.69. The van der Waals surface area contributed by atoms with Crippen molar-refractivity contribution in [3.63, 3.8) is 0 Å². The Hall–Kier alpha value is -4.67. The molecular formula is C32H27ClFN5O4. The molecule has 11 heteroatoms. The van der Waals surface area contributed by atoms with E-state index in [2.05, 4.69) is 27.8 Å². The van der Waals surface area contributed by atoms with Gasteiger partial charge in [0, 0.05) is 19.5 Å². The maximum absolute atomic E-state index is 14.7. The van der Waals surface area contributed by atoms with Crippen molar-refractivity contribution < 1.29 is 23.9 Å². The maximum Gasteiger partial charge on any atom is 0.335 e. The number of nitrogens with zero attached hydrogens (tertiary/aromatic N) is 4. The van der Waals surface area contributed by atoms with Gasteiger partial charge in [0.25, 0.3) is 5.91 Å². The van der Waals surface area contributed by atoms with Gasteiger partial charge < -0.3 is 15.3 Å². The first-order valence-electron chi connectivity index (χ1n) is 13.9. The second kappa shape index (κ2) is 11.9. The summed E-state index contributed by atoms with van der Waals surface area (Å²) in [6.07, 6.45) is 4.87. The van der Waals surface area contributed by atoms with Crippen LogP contribution in [0.2, 0.25) is 5.02 Å². The number of carboxylic acid groups (broad SMARTS) is 1. The first-order chi connectivity index (χ1) is 20.8. The highest BCUT2D eigenvalue weighted by atomic mass is 35.5. The third-order valence-electron chi connectivity index (χ3n) is 7.87. The van der Waals surface area contributed by atoms with Crippen LogP contribution in [-0.2, 0) is 17.6 Å². The van der Waals surface area contributed by atoms with Gasteiger partial charge in [-0.05, 0) is 71.5 Å². The molecule has 43 heavy (non-hydrogen) atoms. The van der Waals surface area contributed by atoms with Crippen LogP contribution in [0.1, 0.15) is 55.6 Å². The molecule has 2 N–H and O–H groups in total. The Morgan fingerprint density at radius 1 is 1.05 bits per heavy atom. The van der Waals surface area contributed by atoms with E-state index in [0.29, 0.717) is 12.0 Å². The second-order valence-electron chi connectivity index (χ2n) is 10.5. The summed E-state index contributed by atoms with van der Waals surface area (Å²) in [5.74, 6) is -2.48. The average Bonchev–Trinajstić information content (AvgIpc) is 3.52. The van der Waals surface area contributed by atoms with Crippen LogP contribution >= 0.6 is 11.6 Å². The standard InChI is InChI=1S/C32H27ClFN5O4/c33-25-5-2-6-27(29(25)34)39-18-26(36-37-39)31(41)38-16-13-23-22(20-11-14-35-15-12-20)3-1-4-24(23)30(38)28(40)17-19-7-9-21(10-8-19)32(42)43/h1-11,18,30,35H,12-17H2,(H,42,43). The van der Waals surface area contributed by atoms with E-state index in [1.807, 2.05) is 12.1 Å². The molecule has 9 nitrogen and oxygen atoms in total. The summed E-state index contributed by atoms with van der Waals surface area (Å²) in [6, 6.07) is 15.5. The zero-order valence-corrected chi connectivity index (χ0v) is 23.7. The van der Waals surface area contributed by atoms with Crippen LogP contribution in [0.3, 0.4) is 0 Å². The summed E-state index contributed by atoms with van der Waals surface area (Å²) < 4.78 is 15.8. The molecule has 0 saturated carbocycles. The molecule has 2 aliphatic heterocycles. The van der Waals surface area contributed by atoms with E-state index in [4.69, 9.17) is 11.6 Å². The van der Waals surface area contributed by atoms with Gasteiger partial charge in [-0.15, -0.1) is 5.10 Å². The molecule has 4 aromatic rings. The molecule has 1 aromatic heterocycles. The number of amides is 1. The minimum atomic E-state index is -1.05. The summed E-state index contributed by atoms with van der Waals surface area (Å²) in [4.78, 5) is 40.8. The van der Waals surface area contributed by atoms with Gasteiger partial charge in [0.15, 0.2) is 17.3 Å². The number of ketones is 1. The van der Waals surface area contributed by atoms with E-state index in [1.54, 1.807) is 18.2 Å². The Morgan fingerprint density at radius 3 is 2.58 bits per heavy atom. The molecule has 1 amide bonds. The molecular weight excluding hydrogens is 573 g/mol. The fourth-order valence-corrected chi connectivity index (χ4v) is 5.93. The highest BCUT2D eigenvalue weighted by molar-refractivity contribution is 6.30. The molecule has 3 heterocycles. The van der Waals surface area contributed by atoms with E-state index < -0.39 is 23.7 Å². The van der Waals surface area contributed by atoms with E-state index in [1.165, 1.54) is 40.9 Å². The number of aromatic nitrogens is 3. The minimum absolute atomic E-state index is 0.00888. The normalized spacial score (nSPS) is 16.4. The van der Waals surface area contributed by atoms with Crippen molar-refractivity contribution in [2.45, 2.75) is 25.3 Å². The van der Waals surface area contributed by atoms with Gasteiger partial charge >= 0.3 is 5.97 Å². The van der Waals surface area contributed by atoms with Crippen LogP contribution in [-0.4, -0.2) is 62.3 Å². The number of Topliss-reactive ketones (excluding diaryl/α,β-unsaturated/α-hetero) is 1.